The Bertz CT molecular complexity index is 968. The summed E-state index contributed by atoms with van der Waals surface area (Å²) in [5.74, 6) is -0.701. The third-order valence-electron chi connectivity index (χ3n) is 8.19. The molecule has 0 saturated carbocycles. The average Bonchev–Trinajstić information content (AvgIpc) is 3.12. The number of carbonyl (C=O) groups is 2. The topological polar surface area (TPSA) is 72.8 Å². The summed E-state index contributed by atoms with van der Waals surface area (Å²) in [6, 6.07) is 0. The number of aliphatic hydroxyl groups is 1. The second-order valence-electron chi connectivity index (χ2n) is 13.0. The predicted octanol–water partition coefficient (Wildman–Crippen LogP) is 12.7. The van der Waals surface area contributed by atoms with Crippen molar-refractivity contribution in [2.75, 3.05) is 13.2 Å². The van der Waals surface area contributed by atoms with Gasteiger partial charge in [-0.3, -0.25) is 9.59 Å². The van der Waals surface area contributed by atoms with Gasteiger partial charge >= 0.3 is 11.9 Å². The summed E-state index contributed by atoms with van der Waals surface area (Å²) in [7, 11) is 0. The van der Waals surface area contributed by atoms with Crippen LogP contribution in [0.5, 0.6) is 0 Å². The largest absolute Gasteiger partial charge is 0.462 e. The first-order valence-corrected chi connectivity index (χ1v) is 20.1. The lowest BCUT2D eigenvalue weighted by atomic mass is 10.1. The van der Waals surface area contributed by atoms with E-state index >= 15 is 0 Å². The predicted molar refractivity (Wildman–Crippen MR) is 214 cm³/mol. The number of unbranched alkanes of at least 4 members (excludes halogenated alkanes) is 13. The standard InChI is InChI=1S/C45H74O5/c1-3-5-7-9-11-13-15-17-18-19-20-21-22-23-24-25-26-28-29-31-33-35-37-39-44(47)49-42-43(41-46)50-45(48)40-38-36-34-32-30-27-16-14-12-10-8-6-4-2/h6,8,12,14-15,17,19-20,22-23,27,30,34,36,43,46H,3-5,7,9-11,13,16,18,21,24-26,28-29,31-33,35,37-42H2,1-2H3/b8-6-,14-12-,17-15-,20-19-,23-22-,30-27-,36-34-. The molecule has 0 rings (SSSR count). The van der Waals surface area contributed by atoms with Crippen LogP contribution in [0, 0.1) is 0 Å². The Morgan fingerprint density at radius 3 is 1.38 bits per heavy atom. The van der Waals surface area contributed by atoms with Crippen LogP contribution in [0.25, 0.3) is 0 Å². The van der Waals surface area contributed by atoms with E-state index in [0.29, 0.717) is 12.8 Å². The average molecular weight is 695 g/mol. The molecule has 0 saturated heterocycles. The number of aliphatic hydroxyl groups excluding tert-OH is 1. The van der Waals surface area contributed by atoms with Crippen LogP contribution in [0.2, 0.25) is 0 Å². The van der Waals surface area contributed by atoms with Crippen LogP contribution < -0.4 is 0 Å². The summed E-state index contributed by atoms with van der Waals surface area (Å²) in [5.41, 5.74) is 0. The molecule has 0 amide bonds. The molecular weight excluding hydrogens is 620 g/mol. The van der Waals surface area contributed by atoms with Crippen molar-refractivity contribution >= 4 is 11.9 Å². The molecule has 0 fully saturated rings. The van der Waals surface area contributed by atoms with Gasteiger partial charge in [0.05, 0.1) is 6.61 Å². The summed E-state index contributed by atoms with van der Waals surface area (Å²) >= 11 is 0. The fourth-order valence-electron chi connectivity index (χ4n) is 5.16. The highest BCUT2D eigenvalue weighted by molar-refractivity contribution is 5.70. The van der Waals surface area contributed by atoms with Crippen LogP contribution in [0.3, 0.4) is 0 Å². The summed E-state index contributed by atoms with van der Waals surface area (Å²) in [6.45, 7) is 3.92. The number of ether oxygens (including phenoxy) is 2. The minimum atomic E-state index is -0.816. The number of hydrogen-bond donors (Lipinski definition) is 1. The Hall–Kier alpha value is -2.92. The Morgan fingerprint density at radius 1 is 0.480 bits per heavy atom. The first-order valence-electron chi connectivity index (χ1n) is 20.1. The molecule has 284 valence electrons. The summed E-state index contributed by atoms with van der Waals surface area (Å²) in [6.07, 6.45) is 55.2. The van der Waals surface area contributed by atoms with Crippen molar-refractivity contribution in [3.8, 4) is 0 Å². The van der Waals surface area contributed by atoms with Crippen molar-refractivity contribution in [2.24, 2.45) is 0 Å². The maximum absolute atomic E-state index is 12.1. The van der Waals surface area contributed by atoms with Gasteiger partial charge in [0.15, 0.2) is 6.10 Å². The van der Waals surface area contributed by atoms with E-state index in [2.05, 4.69) is 86.8 Å². The second kappa shape index (κ2) is 40.5. The molecule has 1 N–H and O–H groups in total. The van der Waals surface area contributed by atoms with Gasteiger partial charge in [-0.2, -0.15) is 0 Å². The lowest BCUT2D eigenvalue weighted by molar-refractivity contribution is -0.161. The monoisotopic (exact) mass is 695 g/mol. The summed E-state index contributed by atoms with van der Waals surface area (Å²) in [4.78, 5) is 24.2. The van der Waals surface area contributed by atoms with Gasteiger partial charge in [-0.15, -0.1) is 0 Å². The normalized spacial score (nSPS) is 13.1. The van der Waals surface area contributed by atoms with Crippen LogP contribution in [0.15, 0.2) is 85.1 Å². The quantitative estimate of drug-likeness (QED) is 0.0406. The summed E-state index contributed by atoms with van der Waals surface area (Å²) in [5, 5.41) is 9.53. The SMILES string of the molecule is CC/C=C\C/C=C\C/C=C\C/C=C\CCC(=O)OC(CO)COC(=O)CCCCCCCCCC/C=C\C/C=C\C/C=C\CCCCCCC. The maximum Gasteiger partial charge on any atom is 0.306 e. The zero-order valence-corrected chi connectivity index (χ0v) is 32.1. The van der Waals surface area contributed by atoms with Crippen LogP contribution in [0.4, 0.5) is 0 Å². The number of rotatable bonds is 35. The van der Waals surface area contributed by atoms with Crippen molar-refractivity contribution in [1.82, 2.24) is 0 Å². The van der Waals surface area contributed by atoms with Gasteiger partial charge in [-0.25, -0.2) is 0 Å². The molecule has 0 spiro atoms. The third kappa shape index (κ3) is 37.9. The number of carbonyl (C=O) groups excluding carboxylic acids is 2. The van der Waals surface area contributed by atoms with Gasteiger partial charge in [-0.05, 0) is 77.0 Å². The Labute approximate surface area is 307 Å². The first kappa shape index (κ1) is 47.1. The maximum atomic E-state index is 12.1. The van der Waals surface area contributed by atoms with E-state index < -0.39 is 12.1 Å². The molecule has 0 heterocycles. The molecule has 0 bridgehead atoms. The second-order valence-corrected chi connectivity index (χ2v) is 13.0. The molecule has 50 heavy (non-hydrogen) atoms. The molecule has 0 aliphatic carbocycles. The van der Waals surface area contributed by atoms with E-state index in [0.717, 1.165) is 64.2 Å². The zero-order chi connectivity index (χ0) is 36.4. The smallest absolute Gasteiger partial charge is 0.306 e. The van der Waals surface area contributed by atoms with E-state index in [-0.39, 0.29) is 25.6 Å². The summed E-state index contributed by atoms with van der Waals surface area (Å²) < 4.78 is 10.5. The lowest BCUT2D eigenvalue weighted by Gasteiger charge is -2.15. The molecule has 0 aromatic carbocycles. The van der Waals surface area contributed by atoms with Crippen molar-refractivity contribution < 1.29 is 24.2 Å². The van der Waals surface area contributed by atoms with Crippen molar-refractivity contribution in [3.05, 3.63) is 85.1 Å². The zero-order valence-electron chi connectivity index (χ0n) is 32.1. The molecule has 5 heteroatoms. The minimum Gasteiger partial charge on any atom is -0.462 e. The molecule has 0 aromatic rings. The molecule has 1 atom stereocenters. The van der Waals surface area contributed by atoms with Gasteiger partial charge in [-0.1, -0.05) is 163 Å². The van der Waals surface area contributed by atoms with Crippen LogP contribution in [0.1, 0.15) is 168 Å². The highest BCUT2D eigenvalue weighted by Gasteiger charge is 2.15. The highest BCUT2D eigenvalue weighted by atomic mass is 16.6. The van der Waals surface area contributed by atoms with E-state index in [4.69, 9.17) is 9.47 Å². The Morgan fingerprint density at radius 2 is 0.900 bits per heavy atom. The highest BCUT2D eigenvalue weighted by Crippen LogP contribution is 2.12. The fraction of sp³-hybridized carbons (Fsp3) is 0.644. The number of allylic oxidation sites excluding steroid dienone is 14. The molecule has 1 unspecified atom stereocenters. The van der Waals surface area contributed by atoms with Gasteiger partial charge < -0.3 is 14.6 Å². The number of hydrogen-bond acceptors (Lipinski definition) is 5. The molecular formula is C45H74O5. The molecule has 0 aliphatic rings. The minimum absolute atomic E-state index is 0.103. The first-order chi connectivity index (χ1) is 24.6. The van der Waals surface area contributed by atoms with Crippen LogP contribution >= 0.6 is 0 Å². The van der Waals surface area contributed by atoms with Crippen LogP contribution in [-0.2, 0) is 19.1 Å². The lowest BCUT2D eigenvalue weighted by Crippen LogP contribution is -2.28. The fourth-order valence-corrected chi connectivity index (χ4v) is 5.16. The molecule has 0 aromatic heterocycles. The van der Waals surface area contributed by atoms with Gasteiger partial charge in [0, 0.05) is 12.8 Å². The third-order valence-corrected chi connectivity index (χ3v) is 8.19. The van der Waals surface area contributed by atoms with Gasteiger partial charge in [0.25, 0.3) is 0 Å². The molecule has 0 aliphatic heterocycles. The van der Waals surface area contributed by atoms with E-state index in [1.807, 2.05) is 12.2 Å². The van der Waals surface area contributed by atoms with Crippen LogP contribution in [-0.4, -0.2) is 36.4 Å². The molecule has 0 radical (unpaired) electrons. The van der Waals surface area contributed by atoms with Gasteiger partial charge in [0.2, 0.25) is 0 Å². The van der Waals surface area contributed by atoms with E-state index in [1.165, 1.54) is 70.6 Å². The number of esters is 2. The van der Waals surface area contributed by atoms with Crippen molar-refractivity contribution in [2.45, 2.75) is 174 Å². The van der Waals surface area contributed by atoms with E-state index in [1.54, 1.807) is 0 Å². The van der Waals surface area contributed by atoms with Crippen molar-refractivity contribution in [1.29, 1.82) is 0 Å². The van der Waals surface area contributed by atoms with E-state index in [9.17, 15) is 14.7 Å². The Kier molecular flexibility index (Phi) is 38.1. The molecule has 5 nitrogen and oxygen atoms in total. The van der Waals surface area contributed by atoms with Crippen molar-refractivity contribution in [3.63, 3.8) is 0 Å². The van der Waals surface area contributed by atoms with Gasteiger partial charge in [0.1, 0.15) is 6.61 Å². The Balaban J connectivity index is 3.65.